The number of aliphatic hydroxyl groups is 1. The maximum absolute atomic E-state index is 9.14. The van der Waals surface area contributed by atoms with Gasteiger partial charge in [-0.3, -0.25) is 0 Å². The summed E-state index contributed by atoms with van der Waals surface area (Å²) in [6.07, 6.45) is 0.864. The average molecular weight is 251 g/mol. The van der Waals surface area contributed by atoms with Crippen LogP contribution < -0.4 is 4.90 Å². The summed E-state index contributed by atoms with van der Waals surface area (Å²) in [5.41, 5.74) is 4.03. The highest BCUT2D eigenvalue weighted by atomic mass is 32.2. The Hall–Kier alpha value is -0.670. The van der Waals surface area contributed by atoms with Gasteiger partial charge >= 0.3 is 0 Å². The monoisotopic (exact) mass is 251 g/mol. The van der Waals surface area contributed by atoms with Gasteiger partial charge < -0.3 is 10.0 Å². The Kier molecular flexibility index (Phi) is 3.69. The van der Waals surface area contributed by atoms with Gasteiger partial charge in [-0.25, -0.2) is 0 Å². The van der Waals surface area contributed by atoms with Crippen LogP contribution >= 0.6 is 11.8 Å². The Labute approximate surface area is 108 Å². The number of anilines is 1. The minimum atomic E-state index is 0.274. The second-order valence-electron chi connectivity index (χ2n) is 4.92. The summed E-state index contributed by atoms with van der Waals surface area (Å²) in [5, 5.41) is 9.62. The SMILES string of the molecule is Cc1cc2c(cc1C)N(C)C(C)C(CCO)S2. The molecule has 1 aromatic rings. The number of hydrogen-bond acceptors (Lipinski definition) is 3. The van der Waals surface area contributed by atoms with Crippen LogP contribution in [0.2, 0.25) is 0 Å². The third-order valence-corrected chi connectivity index (χ3v) is 5.31. The number of nitrogens with zero attached hydrogens (tertiary/aromatic N) is 1. The minimum Gasteiger partial charge on any atom is -0.396 e. The van der Waals surface area contributed by atoms with E-state index in [2.05, 4.69) is 44.9 Å². The minimum absolute atomic E-state index is 0.274. The number of thioether (sulfide) groups is 1. The van der Waals surface area contributed by atoms with Gasteiger partial charge in [0.15, 0.2) is 0 Å². The first-order valence-electron chi connectivity index (χ1n) is 6.16. The van der Waals surface area contributed by atoms with Crippen molar-refractivity contribution >= 4 is 17.4 Å². The zero-order chi connectivity index (χ0) is 12.6. The summed E-state index contributed by atoms with van der Waals surface area (Å²) in [6, 6.07) is 5.03. The third-order valence-electron chi connectivity index (χ3n) is 3.80. The smallest absolute Gasteiger partial charge is 0.0507 e. The van der Waals surface area contributed by atoms with E-state index >= 15 is 0 Å². The molecule has 2 atom stereocenters. The van der Waals surface area contributed by atoms with Gasteiger partial charge in [-0.05, 0) is 50.5 Å². The Morgan fingerprint density at radius 2 is 1.94 bits per heavy atom. The summed E-state index contributed by atoms with van der Waals surface area (Å²) in [4.78, 5) is 3.70. The molecule has 2 nitrogen and oxygen atoms in total. The molecule has 0 radical (unpaired) electrons. The highest BCUT2D eigenvalue weighted by Crippen LogP contribution is 2.43. The average Bonchev–Trinajstić information content (AvgIpc) is 2.29. The first kappa shape index (κ1) is 12.8. The topological polar surface area (TPSA) is 23.5 Å². The standard InChI is InChI=1S/C14H21NOS/c1-9-7-12-14(8-10(9)2)17-13(5-6-16)11(3)15(12)4/h7-8,11,13,16H,5-6H2,1-4H3. The summed E-state index contributed by atoms with van der Waals surface area (Å²) >= 11 is 1.91. The predicted octanol–water partition coefficient (Wildman–Crippen LogP) is 2.98. The van der Waals surface area contributed by atoms with Crippen molar-refractivity contribution in [3.8, 4) is 0 Å². The molecule has 3 heteroatoms. The lowest BCUT2D eigenvalue weighted by molar-refractivity contribution is 0.282. The van der Waals surface area contributed by atoms with Crippen LogP contribution in [-0.4, -0.2) is 30.1 Å². The van der Waals surface area contributed by atoms with Crippen LogP contribution in [0.15, 0.2) is 17.0 Å². The van der Waals surface area contributed by atoms with Crippen LogP contribution in [0.1, 0.15) is 24.5 Å². The molecule has 1 heterocycles. The van der Waals surface area contributed by atoms with E-state index in [0.717, 1.165) is 6.42 Å². The van der Waals surface area contributed by atoms with E-state index in [1.165, 1.54) is 21.7 Å². The van der Waals surface area contributed by atoms with Gasteiger partial charge in [0.25, 0.3) is 0 Å². The van der Waals surface area contributed by atoms with E-state index in [0.29, 0.717) is 11.3 Å². The van der Waals surface area contributed by atoms with Crippen LogP contribution in [0, 0.1) is 13.8 Å². The summed E-state index contributed by atoms with van der Waals surface area (Å²) < 4.78 is 0. The third kappa shape index (κ3) is 2.31. The van der Waals surface area contributed by atoms with Crippen LogP contribution in [0.25, 0.3) is 0 Å². The molecular weight excluding hydrogens is 230 g/mol. The van der Waals surface area contributed by atoms with Crippen LogP contribution in [0.4, 0.5) is 5.69 Å². The number of hydrogen-bond donors (Lipinski definition) is 1. The van der Waals surface area contributed by atoms with Crippen molar-refractivity contribution in [3.63, 3.8) is 0 Å². The summed E-state index contributed by atoms with van der Waals surface area (Å²) in [7, 11) is 2.16. The van der Waals surface area contributed by atoms with E-state index in [1.54, 1.807) is 0 Å². The molecule has 0 aromatic heterocycles. The molecule has 1 aliphatic heterocycles. The maximum atomic E-state index is 9.14. The fourth-order valence-electron chi connectivity index (χ4n) is 2.30. The molecule has 0 saturated carbocycles. The van der Waals surface area contributed by atoms with Crippen molar-refractivity contribution in [1.29, 1.82) is 0 Å². The number of rotatable bonds is 2. The van der Waals surface area contributed by atoms with Crippen molar-refractivity contribution in [2.75, 3.05) is 18.6 Å². The molecule has 0 spiro atoms. The Morgan fingerprint density at radius 3 is 2.59 bits per heavy atom. The molecule has 17 heavy (non-hydrogen) atoms. The van der Waals surface area contributed by atoms with Crippen molar-refractivity contribution in [3.05, 3.63) is 23.3 Å². The molecule has 0 aliphatic carbocycles. The summed E-state index contributed by atoms with van der Waals surface area (Å²) in [6.45, 7) is 6.84. The molecule has 0 bridgehead atoms. The zero-order valence-electron chi connectivity index (χ0n) is 11.0. The highest BCUT2D eigenvalue weighted by Gasteiger charge is 2.29. The molecule has 94 valence electrons. The van der Waals surface area contributed by atoms with Crippen LogP contribution in [-0.2, 0) is 0 Å². The van der Waals surface area contributed by atoms with Gasteiger partial charge in [0.05, 0.1) is 5.69 Å². The molecule has 0 saturated heterocycles. The van der Waals surface area contributed by atoms with Gasteiger partial charge in [0, 0.05) is 29.8 Å². The second-order valence-corrected chi connectivity index (χ2v) is 6.21. The Morgan fingerprint density at radius 1 is 1.29 bits per heavy atom. The van der Waals surface area contributed by atoms with Crippen molar-refractivity contribution in [2.24, 2.45) is 0 Å². The zero-order valence-corrected chi connectivity index (χ0v) is 11.8. The molecular formula is C14H21NOS. The van der Waals surface area contributed by atoms with Gasteiger partial charge in [0.2, 0.25) is 0 Å². The Balaban J connectivity index is 2.38. The Bertz CT molecular complexity index is 419. The second kappa shape index (κ2) is 4.91. The van der Waals surface area contributed by atoms with Crippen LogP contribution in [0.5, 0.6) is 0 Å². The fourth-order valence-corrected chi connectivity index (χ4v) is 3.80. The van der Waals surface area contributed by atoms with Gasteiger partial charge in [-0.1, -0.05) is 0 Å². The molecule has 2 rings (SSSR count). The largest absolute Gasteiger partial charge is 0.396 e. The van der Waals surface area contributed by atoms with E-state index in [1.807, 2.05) is 11.8 Å². The number of aliphatic hydroxyl groups excluding tert-OH is 1. The molecule has 0 amide bonds. The molecule has 0 fully saturated rings. The fraction of sp³-hybridized carbons (Fsp3) is 0.571. The van der Waals surface area contributed by atoms with Crippen molar-refractivity contribution < 1.29 is 5.11 Å². The molecule has 1 aromatic carbocycles. The predicted molar refractivity (Wildman–Crippen MR) is 75.1 cm³/mol. The van der Waals surface area contributed by atoms with Crippen molar-refractivity contribution in [1.82, 2.24) is 0 Å². The summed E-state index contributed by atoms with van der Waals surface area (Å²) in [5.74, 6) is 0. The van der Waals surface area contributed by atoms with E-state index in [9.17, 15) is 0 Å². The number of fused-ring (bicyclic) bond motifs is 1. The first-order valence-corrected chi connectivity index (χ1v) is 7.04. The maximum Gasteiger partial charge on any atom is 0.0507 e. The number of benzene rings is 1. The van der Waals surface area contributed by atoms with Gasteiger partial charge in [-0.15, -0.1) is 11.8 Å². The highest BCUT2D eigenvalue weighted by molar-refractivity contribution is 8.00. The van der Waals surface area contributed by atoms with Gasteiger partial charge in [0.1, 0.15) is 0 Å². The van der Waals surface area contributed by atoms with E-state index in [-0.39, 0.29) is 6.61 Å². The van der Waals surface area contributed by atoms with E-state index < -0.39 is 0 Å². The normalized spacial score (nSPS) is 23.7. The molecule has 1 aliphatic rings. The van der Waals surface area contributed by atoms with Crippen LogP contribution in [0.3, 0.4) is 0 Å². The number of aryl methyl sites for hydroxylation is 2. The van der Waals surface area contributed by atoms with E-state index in [4.69, 9.17) is 5.11 Å². The molecule has 1 N–H and O–H groups in total. The molecule has 2 unspecified atom stereocenters. The quantitative estimate of drug-likeness (QED) is 0.874. The lowest BCUT2D eigenvalue weighted by Gasteiger charge is -2.39. The first-order chi connectivity index (χ1) is 8.04. The lowest BCUT2D eigenvalue weighted by Crippen LogP contribution is -2.41. The lowest BCUT2D eigenvalue weighted by atomic mass is 10.1. The van der Waals surface area contributed by atoms with Gasteiger partial charge in [-0.2, -0.15) is 0 Å². The van der Waals surface area contributed by atoms with Crippen molar-refractivity contribution in [2.45, 2.75) is 43.4 Å².